The van der Waals surface area contributed by atoms with Crippen LogP contribution in [0.5, 0.6) is 5.75 Å². The number of anilines is 1. The molecule has 2 amide bonds. The van der Waals surface area contributed by atoms with E-state index in [-0.39, 0.29) is 11.8 Å². The van der Waals surface area contributed by atoms with Crippen LogP contribution in [0.3, 0.4) is 0 Å². The van der Waals surface area contributed by atoms with E-state index in [1.165, 1.54) is 10.1 Å². The molecule has 2 aromatic carbocycles. The average Bonchev–Trinajstić information content (AvgIpc) is 3.32. The van der Waals surface area contributed by atoms with Gasteiger partial charge in [0.15, 0.2) is 0 Å². The maximum atomic E-state index is 13.6. The second-order valence-corrected chi connectivity index (χ2v) is 14.7. The number of aromatic nitrogens is 2. The van der Waals surface area contributed by atoms with Crippen molar-refractivity contribution < 1.29 is 14.3 Å². The number of nitrogens with one attached hydrogen (secondary N) is 2. The number of likely N-dealkylation sites (N-methyl/N-ethyl adjacent to an activating group) is 1. The van der Waals surface area contributed by atoms with Gasteiger partial charge in [-0.15, -0.1) is 0 Å². The van der Waals surface area contributed by atoms with E-state index in [0.29, 0.717) is 22.6 Å². The van der Waals surface area contributed by atoms with E-state index >= 15 is 0 Å². The van der Waals surface area contributed by atoms with Crippen LogP contribution in [0.4, 0.5) is 5.69 Å². The summed E-state index contributed by atoms with van der Waals surface area (Å²) in [7, 11) is 1.78. The third-order valence-electron chi connectivity index (χ3n) is 6.08. The molecule has 2 aliphatic rings. The van der Waals surface area contributed by atoms with Crippen LogP contribution < -0.4 is 15.2 Å². The summed E-state index contributed by atoms with van der Waals surface area (Å²) in [6.45, 7) is 6.84. The number of amides is 2. The van der Waals surface area contributed by atoms with Gasteiger partial charge in [-0.2, -0.15) is 0 Å². The topological polar surface area (TPSA) is 87.3 Å². The van der Waals surface area contributed by atoms with Crippen molar-refractivity contribution in [1.29, 1.82) is 0 Å². The van der Waals surface area contributed by atoms with Crippen LogP contribution in [0.2, 0.25) is 19.6 Å². The Morgan fingerprint density at radius 1 is 1.03 bits per heavy atom. The number of benzene rings is 2. The molecule has 1 atom stereocenters. The summed E-state index contributed by atoms with van der Waals surface area (Å²) in [5, 5.41) is 4.30. The number of hydrogen-bond acceptors (Lipinski definition) is 4. The van der Waals surface area contributed by atoms with Gasteiger partial charge < -0.3 is 19.9 Å². The predicted octanol–water partition coefficient (Wildman–Crippen LogP) is 4.52. The lowest BCUT2D eigenvalue weighted by Gasteiger charge is -2.28. The number of rotatable bonds is 7. The monoisotopic (exact) mass is 486 g/mol. The van der Waals surface area contributed by atoms with Crippen LogP contribution >= 0.6 is 0 Å². The molecule has 2 heterocycles. The lowest BCUT2D eigenvalue weighted by atomic mass is 10.0. The summed E-state index contributed by atoms with van der Waals surface area (Å²) in [5.41, 5.74) is 3.48. The summed E-state index contributed by atoms with van der Waals surface area (Å²) in [6, 6.07) is 16.1. The standard InChI is InChI=1S/C27H30N4O3Si/c1-31(27(33)20-14-19-15-28-17-24(19)29-16-20)25(18-6-10-22(34-2)11-7-18)26(32)30-21-8-12-23(13-9-21)35(3,4)5/h6-17,25,29H,1-5H3,(H,30,32). The van der Waals surface area contributed by atoms with Gasteiger partial charge in [0.05, 0.1) is 32.6 Å². The number of carbonyl (C=O) groups is 2. The first-order chi connectivity index (χ1) is 16.7. The van der Waals surface area contributed by atoms with Crippen molar-refractivity contribution in [1.82, 2.24) is 14.9 Å². The number of fused-ring (bicyclic) bond motifs is 1. The van der Waals surface area contributed by atoms with Gasteiger partial charge in [0, 0.05) is 30.7 Å². The SMILES string of the molecule is COc1ccc(C(C(=O)Nc2ccc([Si](C)(C)C)cc2)N(C)C(=O)c2c[nH]c3cncc-3c2)cc1. The number of nitrogens with zero attached hydrogens (tertiary/aromatic N) is 2. The summed E-state index contributed by atoms with van der Waals surface area (Å²) in [4.78, 5) is 35.7. The van der Waals surface area contributed by atoms with E-state index in [1.807, 2.05) is 12.1 Å². The molecule has 2 N–H and O–H groups in total. The molecule has 0 bridgehead atoms. The Labute approximate surface area is 206 Å². The van der Waals surface area contributed by atoms with Crippen LogP contribution in [0.25, 0.3) is 11.3 Å². The third kappa shape index (κ3) is 5.27. The van der Waals surface area contributed by atoms with Crippen LogP contribution in [0.15, 0.2) is 73.2 Å². The number of H-pyrrole nitrogens is 1. The first-order valence-corrected chi connectivity index (χ1v) is 14.9. The minimum absolute atomic E-state index is 0.283. The smallest absolute Gasteiger partial charge is 0.256 e. The molecule has 0 saturated heterocycles. The number of methoxy groups -OCH3 is 1. The summed E-state index contributed by atoms with van der Waals surface area (Å²) < 4.78 is 5.27. The molecule has 1 unspecified atom stereocenters. The molecule has 4 rings (SSSR count). The fourth-order valence-electron chi connectivity index (χ4n) is 3.98. The second kappa shape index (κ2) is 9.75. The molecule has 0 aliphatic carbocycles. The quantitative estimate of drug-likeness (QED) is 0.376. The Morgan fingerprint density at radius 3 is 2.34 bits per heavy atom. The lowest BCUT2D eigenvalue weighted by Crippen LogP contribution is -2.39. The van der Waals surface area contributed by atoms with Crippen molar-refractivity contribution >= 4 is 30.8 Å². The van der Waals surface area contributed by atoms with Crippen molar-refractivity contribution in [3.63, 3.8) is 0 Å². The molecule has 180 valence electrons. The van der Waals surface area contributed by atoms with Crippen LogP contribution in [-0.4, -0.2) is 48.9 Å². The Kier molecular flexibility index (Phi) is 6.75. The molecule has 8 heteroatoms. The fraction of sp³-hybridized carbons (Fsp3) is 0.222. The van der Waals surface area contributed by atoms with Crippen LogP contribution in [0, 0.1) is 0 Å². The number of aromatic amines is 1. The van der Waals surface area contributed by atoms with Crippen LogP contribution in [0.1, 0.15) is 22.0 Å². The molecule has 35 heavy (non-hydrogen) atoms. The molecule has 2 aliphatic heterocycles. The number of ether oxygens (including phenoxy) is 1. The highest BCUT2D eigenvalue weighted by Gasteiger charge is 2.30. The first-order valence-electron chi connectivity index (χ1n) is 11.4. The van der Waals surface area contributed by atoms with Gasteiger partial charge in [-0.1, -0.05) is 49.1 Å². The maximum Gasteiger partial charge on any atom is 0.256 e. The van der Waals surface area contributed by atoms with E-state index in [0.717, 1.165) is 11.3 Å². The minimum atomic E-state index is -1.45. The van der Waals surface area contributed by atoms with Gasteiger partial charge >= 0.3 is 0 Å². The van der Waals surface area contributed by atoms with Crippen molar-refractivity contribution in [3.05, 3.63) is 84.3 Å². The van der Waals surface area contributed by atoms with E-state index < -0.39 is 14.1 Å². The van der Waals surface area contributed by atoms with E-state index in [2.05, 4.69) is 47.1 Å². The van der Waals surface area contributed by atoms with Gasteiger partial charge in [-0.05, 0) is 35.9 Å². The van der Waals surface area contributed by atoms with Gasteiger partial charge in [-0.3, -0.25) is 14.6 Å². The van der Waals surface area contributed by atoms with E-state index in [4.69, 9.17) is 4.74 Å². The van der Waals surface area contributed by atoms with Gasteiger partial charge in [0.2, 0.25) is 0 Å². The Bertz CT molecular complexity index is 1290. The Morgan fingerprint density at radius 2 is 1.71 bits per heavy atom. The lowest BCUT2D eigenvalue weighted by molar-refractivity contribution is -0.120. The summed E-state index contributed by atoms with van der Waals surface area (Å²) in [5.74, 6) is 0.0915. The molecule has 0 fully saturated rings. The highest BCUT2D eigenvalue weighted by Crippen LogP contribution is 2.27. The molecule has 2 aromatic rings. The van der Waals surface area contributed by atoms with Crippen molar-refractivity contribution in [2.75, 3.05) is 19.5 Å². The van der Waals surface area contributed by atoms with Crippen molar-refractivity contribution in [2.45, 2.75) is 25.7 Å². The van der Waals surface area contributed by atoms with Gasteiger partial charge in [-0.25, -0.2) is 0 Å². The average molecular weight is 487 g/mol. The number of pyridine rings is 1. The van der Waals surface area contributed by atoms with Crippen molar-refractivity contribution in [2.24, 2.45) is 0 Å². The molecule has 0 spiro atoms. The normalized spacial score (nSPS) is 12.3. The molecule has 7 nitrogen and oxygen atoms in total. The first kappa shape index (κ1) is 24.2. The van der Waals surface area contributed by atoms with Gasteiger partial charge in [0.25, 0.3) is 11.8 Å². The van der Waals surface area contributed by atoms with E-state index in [9.17, 15) is 9.59 Å². The maximum absolute atomic E-state index is 13.6. The minimum Gasteiger partial charge on any atom is -0.497 e. The predicted molar refractivity (Wildman–Crippen MR) is 141 cm³/mol. The second-order valence-electron chi connectivity index (χ2n) is 9.57. The molecular weight excluding hydrogens is 456 g/mol. The third-order valence-corrected chi connectivity index (χ3v) is 8.14. The van der Waals surface area contributed by atoms with E-state index in [1.54, 1.807) is 63.1 Å². The molecule has 0 radical (unpaired) electrons. The molecular formula is C27H30N4O3Si. The number of hydrogen-bond donors (Lipinski definition) is 2. The summed E-state index contributed by atoms with van der Waals surface area (Å²) >= 11 is 0. The van der Waals surface area contributed by atoms with Crippen molar-refractivity contribution in [3.8, 4) is 17.0 Å². The number of carbonyl (C=O) groups excluding carboxylic acids is 2. The van der Waals surface area contributed by atoms with Gasteiger partial charge in [0.1, 0.15) is 11.8 Å². The highest BCUT2D eigenvalue weighted by atomic mass is 28.3. The Balaban J connectivity index is 1.64. The molecule has 0 aromatic heterocycles. The van der Waals surface area contributed by atoms with Crippen LogP contribution in [-0.2, 0) is 4.79 Å². The summed E-state index contributed by atoms with van der Waals surface area (Å²) in [6.07, 6.45) is 5.04. The fourth-order valence-corrected chi connectivity index (χ4v) is 5.15. The molecule has 0 saturated carbocycles. The zero-order chi connectivity index (χ0) is 25.2. The Hall–Kier alpha value is -3.91. The zero-order valence-electron chi connectivity index (χ0n) is 20.6. The highest BCUT2D eigenvalue weighted by molar-refractivity contribution is 6.88. The largest absolute Gasteiger partial charge is 0.497 e. The zero-order valence-corrected chi connectivity index (χ0v) is 21.6.